The lowest BCUT2D eigenvalue weighted by Crippen LogP contribution is -2.31. The van der Waals surface area contributed by atoms with Crippen molar-refractivity contribution >= 4 is 0 Å². The van der Waals surface area contributed by atoms with Crippen LogP contribution in [0.15, 0.2) is 23.8 Å². The first-order valence-corrected chi connectivity index (χ1v) is 5.18. The van der Waals surface area contributed by atoms with Crippen molar-refractivity contribution in [3.8, 4) is 0 Å². The number of hydrogen-bond acceptors (Lipinski definition) is 0. The van der Waals surface area contributed by atoms with Crippen LogP contribution >= 0.6 is 0 Å². The molecule has 0 atom stereocenters. The maximum absolute atomic E-state index is 4.25. The third-order valence-corrected chi connectivity index (χ3v) is 3.53. The second-order valence-corrected chi connectivity index (χ2v) is 5.45. The molecule has 0 aromatic heterocycles. The Hall–Kier alpha value is -0.520. The number of rotatable bonds is 0. The Labute approximate surface area is 82.7 Å². The summed E-state index contributed by atoms with van der Waals surface area (Å²) in [5.41, 5.74) is 3.44. The molecule has 13 heavy (non-hydrogen) atoms. The van der Waals surface area contributed by atoms with Gasteiger partial charge in [-0.05, 0) is 41.7 Å². The molecule has 1 fully saturated rings. The van der Waals surface area contributed by atoms with E-state index < -0.39 is 0 Å². The maximum Gasteiger partial charge on any atom is -0.0104 e. The smallest absolute Gasteiger partial charge is 0.0104 e. The zero-order chi connectivity index (χ0) is 10.3. The Morgan fingerprint density at radius 3 is 1.92 bits per heavy atom. The van der Waals surface area contributed by atoms with Gasteiger partial charge >= 0.3 is 0 Å². The molecule has 0 saturated heterocycles. The van der Waals surface area contributed by atoms with Gasteiger partial charge in [-0.15, -0.1) is 0 Å². The third-order valence-electron chi connectivity index (χ3n) is 3.53. The molecule has 1 aliphatic rings. The van der Waals surface area contributed by atoms with E-state index in [-0.39, 0.29) is 0 Å². The van der Waals surface area contributed by atoms with Crippen LogP contribution in [-0.4, -0.2) is 0 Å². The van der Waals surface area contributed by atoms with Crippen molar-refractivity contribution in [1.29, 1.82) is 0 Å². The van der Waals surface area contributed by atoms with Crippen LogP contribution in [0.2, 0.25) is 0 Å². The molecule has 0 amide bonds. The van der Waals surface area contributed by atoms with Crippen LogP contribution in [0.5, 0.6) is 0 Å². The maximum atomic E-state index is 4.25. The van der Waals surface area contributed by atoms with Crippen molar-refractivity contribution in [1.82, 2.24) is 0 Å². The van der Waals surface area contributed by atoms with Crippen molar-refractivity contribution in [3.63, 3.8) is 0 Å². The van der Waals surface area contributed by atoms with Crippen LogP contribution in [0.3, 0.4) is 0 Å². The van der Waals surface area contributed by atoms with E-state index in [0.29, 0.717) is 10.8 Å². The largest absolute Gasteiger partial charge is 0.0950 e. The molecule has 0 radical (unpaired) electrons. The molecule has 0 aromatic rings. The molecule has 1 aliphatic carbocycles. The molecule has 1 rings (SSSR count). The highest BCUT2D eigenvalue weighted by molar-refractivity contribution is 5.39. The Morgan fingerprint density at radius 2 is 1.54 bits per heavy atom. The predicted octanol–water partition coefficient (Wildman–Crippen LogP) is 4.34. The standard InChI is InChI=1S/C13H22/c1-7-11-10(2)12(3,4)8-9-13(11,5)6/h7H,2,8-9H2,1,3-6H3/b11-7+. The number of allylic oxidation sites excluding steroid dienone is 3. The van der Waals surface area contributed by atoms with Gasteiger partial charge in [0.25, 0.3) is 0 Å². The monoisotopic (exact) mass is 178 g/mol. The molecular weight excluding hydrogens is 156 g/mol. The lowest BCUT2D eigenvalue weighted by atomic mass is 9.61. The molecule has 0 heteroatoms. The minimum atomic E-state index is 0.303. The van der Waals surface area contributed by atoms with Crippen LogP contribution in [0.25, 0.3) is 0 Å². The topological polar surface area (TPSA) is 0 Å². The molecule has 0 spiro atoms. The second kappa shape index (κ2) is 3.01. The van der Waals surface area contributed by atoms with E-state index >= 15 is 0 Å². The van der Waals surface area contributed by atoms with Gasteiger partial charge in [0.2, 0.25) is 0 Å². The zero-order valence-electron chi connectivity index (χ0n) is 9.70. The van der Waals surface area contributed by atoms with Gasteiger partial charge < -0.3 is 0 Å². The van der Waals surface area contributed by atoms with Crippen molar-refractivity contribution in [3.05, 3.63) is 23.8 Å². The van der Waals surface area contributed by atoms with E-state index in [1.807, 2.05) is 0 Å². The first kappa shape index (κ1) is 10.6. The van der Waals surface area contributed by atoms with Gasteiger partial charge in [-0.25, -0.2) is 0 Å². The molecule has 0 bridgehead atoms. The first-order chi connectivity index (χ1) is 5.81. The zero-order valence-corrected chi connectivity index (χ0v) is 9.70. The van der Waals surface area contributed by atoms with Gasteiger partial charge in [0.1, 0.15) is 0 Å². The van der Waals surface area contributed by atoms with Crippen LogP contribution in [0.4, 0.5) is 0 Å². The van der Waals surface area contributed by atoms with Gasteiger partial charge in [0.15, 0.2) is 0 Å². The summed E-state index contributed by atoms with van der Waals surface area (Å²) in [6.45, 7) is 15.6. The fourth-order valence-electron chi connectivity index (χ4n) is 2.25. The molecule has 0 N–H and O–H groups in total. The molecule has 1 saturated carbocycles. The summed E-state index contributed by atoms with van der Waals surface area (Å²) in [5.74, 6) is 0. The summed E-state index contributed by atoms with van der Waals surface area (Å²) in [5, 5.41) is 0. The highest BCUT2D eigenvalue weighted by atomic mass is 14.4. The lowest BCUT2D eigenvalue weighted by molar-refractivity contribution is 0.260. The summed E-state index contributed by atoms with van der Waals surface area (Å²) >= 11 is 0. The highest BCUT2D eigenvalue weighted by Gasteiger charge is 2.37. The highest BCUT2D eigenvalue weighted by Crippen LogP contribution is 2.50. The fraction of sp³-hybridized carbons (Fsp3) is 0.692. The van der Waals surface area contributed by atoms with Gasteiger partial charge in [-0.3, -0.25) is 0 Å². The average molecular weight is 178 g/mol. The van der Waals surface area contributed by atoms with Crippen molar-refractivity contribution in [2.24, 2.45) is 10.8 Å². The molecular formula is C13H22. The van der Waals surface area contributed by atoms with Crippen LogP contribution in [0, 0.1) is 10.8 Å². The van der Waals surface area contributed by atoms with Crippen molar-refractivity contribution in [2.75, 3.05) is 0 Å². The minimum absolute atomic E-state index is 0.303. The van der Waals surface area contributed by atoms with E-state index in [1.54, 1.807) is 0 Å². The first-order valence-electron chi connectivity index (χ1n) is 5.18. The fourth-order valence-corrected chi connectivity index (χ4v) is 2.25. The van der Waals surface area contributed by atoms with Crippen LogP contribution in [0.1, 0.15) is 47.5 Å². The summed E-state index contributed by atoms with van der Waals surface area (Å²) in [6, 6.07) is 0. The van der Waals surface area contributed by atoms with E-state index in [2.05, 4.69) is 47.3 Å². The summed E-state index contributed by atoms with van der Waals surface area (Å²) in [7, 11) is 0. The summed E-state index contributed by atoms with van der Waals surface area (Å²) in [4.78, 5) is 0. The van der Waals surface area contributed by atoms with E-state index in [0.717, 1.165) is 0 Å². The van der Waals surface area contributed by atoms with E-state index in [4.69, 9.17) is 0 Å². The van der Waals surface area contributed by atoms with E-state index in [9.17, 15) is 0 Å². The Balaban J connectivity index is 3.07. The molecule has 0 unspecified atom stereocenters. The average Bonchev–Trinajstić information content (AvgIpc) is 2.00. The quantitative estimate of drug-likeness (QED) is 0.518. The Bertz CT molecular complexity index is 251. The normalized spacial score (nSPS) is 29.3. The summed E-state index contributed by atoms with van der Waals surface area (Å²) in [6.07, 6.45) is 4.78. The molecule has 0 aromatic carbocycles. The van der Waals surface area contributed by atoms with Gasteiger partial charge in [-0.2, -0.15) is 0 Å². The van der Waals surface area contributed by atoms with Crippen molar-refractivity contribution in [2.45, 2.75) is 47.5 Å². The van der Waals surface area contributed by atoms with Crippen LogP contribution in [-0.2, 0) is 0 Å². The van der Waals surface area contributed by atoms with Crippen molar-refractivity contribution < 1.29 is 0 Å². The molecule has 0 heterocycles. The van der Waals surface area contributed by atoms with E-state index in [1.165, 1.54) is 24.0 Å². The van der Waals surface area contributed by atoms with Gasteiger partial charge in [0.05, 0.1) is 0 Å². The molecule has 0 aliphatic heterocycles. The Kier molecular flexibility index (Phi) is 2.44. The van der Waals surface area contributed by atoms with Crippen LogP contribution < -0.4 is 0 Å². The van der Waals surface area contributed by atoms with Gasteiger partial charge in [-0.1, -0.05) is 40.3 Å². The molecule has 74 valence electrons. The number of hydrogen-bond donors (Lipinski definition) is 0. The third kappa shape index (κ3) is 1.72. The lowest BCUT2D eigenvalue weighted by Gasteiger charge is -2.43. The summed E-state index contributed by atoms with van der Waals surface area (Å²) < 4.78 is 0. The SMILES string of the molecule is C=C1/C(=C\C)C(C)(C)CCC1(C)C. The van der Waals surface area contributed by atoms with Gasteiger partial charge in [0, 0.05) is 0 Å². The predicted molar refractivity (Wildman–Crippen MR) is 59.7 cm³/mol. The Morgan fingerprint density at radius 1 is 1.08 bits per heavy atom. The molecule has 0 nitrogen and oxygen atoms in total. The second-order valence-electron chi connectivity index (χ2n) is 5.45. The minimum Gasteiger partial charge on any atom is -0.0950 e.